The minimum Gasteiger partial charge on any atom is -0.361 e. The summed E-state index contributed by atoms with van der Waals surface area (Å²) in [6.07, 6.45) is 1.88. The number of hydrogen-bond acceptors (Lipinski definition) is 2. The lowest BCUT2D eigenvalue weighted by atomic mass is 10.1. The van der Waals surface area contributed by atoms with Crippen molar-refractivity contribution in [2.45, 2.75) is 19.9 Å². The lowest BCUT2D eigenvalue weighted by Crippen LogP contribution is -2.43. The van der Waals surface area contributed by atoms with Crippen LogP contribution in [0.25, 0.3) is 10.9 Å². The van der Waals surface area contributed by atoms with E-state index < -0.39 is 0 Å². The lowest BCUT2D eigenvalue weighted by molar-refractivity contribution is 0.0681. The minimum absolute atomic E-state index is 0.0925. The molecule has 1 N–H and O–H groups in total. The number of aromatic amines is 1. The molecule has 1 unspecified atom stereocenters. The van der Waals surface area contributed by atoms with Crippen LogP contribution in [0.4, 0.5) is 0 Å². The standard InChI is InChI=1S/C16H23N3O/c1-5-19(12(2)11-18(3)4)16(20)14-8-6-7-13-9-10-17-15(13)14/h6-10,12,17H,5,11H2,1-4H3. The van der Waals surface area contributed by atoms with Crippen molar-refractivity contribution in [1.82, 2.24) is 14.8 Å². The van der Waals surface area contributed by atoms with Gasteiger partial charge in [0.25, 0.3) is 5.91 Å². The second-order valence-corrected chi connectivity index (χ2v) is 5.45. The molecule has 1 heterocycles. The van der Waals surface area contributed by atoms with Crippen molar-refractivity contribution in [2.24, 2.45) is 0 Å². The summed E-state index contributed by atoms with van der Waals surface area (Å²) in [6.45, 7) is 5.69. The molecule has 0 radical (unpaired) electrons. The molecule has 1 atom stereocenters. The quantitative estimate of drug-likeness (QED) is 0.909. The summed E-state index contributed by atoms with van der Waals surface area (Å²) >= 11 is 0. The van der Waals surface area contributed by atoms with Crippen molar-refractivity contribution >= 4 is 16.8 Å². The fourth-order valence-corrected chi connectivity index (χ4v) is 2.70. The number of hydrogen-bond donors (Lipinski definition) is 1. The maximum absolute atomic E-state index is 12.8. The Bertz CT molecular complexity index is 588. The fourth-order valence-electron chi connectivity index (χ4n) is 2.70. The molecular weight excluding hydrogens is 250 g/mol. The average molecular weight is 273 g/mol. The van der Waals surface area contributed by atoms with Crippen LogP contribution in [0.1, 0.15) is 24.2 Å². The summed E-state index contributed by atoms with van der Waals surface area (Å²) in [5, 5.41) is 1.08. The number of carbonyl (C=O) groups excluding carboxylic acids is 1. The first-order valence-corrected chi connectivity index (χ1v) is 7.06. The Morgan fingerprint density at radius 1 is 1.30 bits per heavy atom. The Morgan fingerprint density at radius 2 is 2.05 bits per heavy atom. The molecule has 1 amide bonds. The van der Waals surface area contributed by atoms with Crippen molar-refractivity contribution in [3.8, 4) is 0 Å². The molecule has 0 saturated carbocycles. The number of likely N-dealkylation sites (N-methyl/N-ethyl adjacent to an activating group) is 2. The topological polar surface area (TPSA) is 39.3 Å². The molecule has 0 spiro atoms. The fraction of sp³-hybridized carbons (Fsp3) is 0.438. The van der Waals surface area contributed by atoms with E-state index in [9.17, 15) is 4.79 Å². The highest BCUT2D eigenvalue weighted by molar-refractivity contribution is 6.05. The third kappa shape index (κ3) is 2.85. The van der Waals surface area contributed by atoms with E-state index in [0.717, 1.165) is 23.0 Å². The van der Waals surface area contributed by atoms with Crippen molar-refractivity contribution < 1.29 is 4.79 Å². The van der Waals surface area contributed by atoms with Gasteiger partial charge in [0.1, 0.15) is 0 Å². The van der Waals surface area contributed by atoms with Gasteiger partial charge < -0.3 is 14.8 Å². The highest BCUT2D eigenvalue weighted by Gasteiger charge is 2.22. The summed E-state index contributed by atoms with van der Waals surface area (Å²) in [5.74, 6) is 0.0925. The third-order valence-electron chi connectivity index (χ3n) is 3.58. The number of para-hydroxylation sites is 1. The van der Waals surface area contributed by atoms with Gasteiger partial charge in [-0.15, -0.1) is 0 Å². The smallest absolute Gasteiger partial charge is 0.256 e. The summed E-state index contributed by atoms with van der Waals surface area (Å²) < 4.78 is 0. The number of carbonyl (C=O) groups is 1. The van der Waals surface area contributed by atoms with E-state index in [-0.39, 0.29) is 11.9 Å². The minimum atomic E-state index is 0.0925. The maximum atomic E-state index is 12.8. The number of aromatic nitrogens is 1. The van der Waals surface area contributed by atoms with Gasteiger partial charge in [-0.05, 0) is 40.1 Å². The molecule has 0 aliphatic heterocycles. The predicted octanol–water partition coefficient (Wildman–Crippen LogP) is 2.58. The lowest BCUT2D eigenvalue weighted by Gasteiger charge is -2.30. The summed E-state index contributed by atoms with van der Waals surface area (Å²) in [7, 11) is 4.06. The van der Waals surface area contributed by atoms with Gasteiger partial charge in [-0.2, -0.15) is 0 Å². The summed E-state index contributed by atoms with van der Waals surface area (Å²) in [6, 6.07) is 8.03. The van der Waals surface area contributed by atoms with Gasteiger partial charge in [0.2, 0.25) is 0 Å². The Hall–Kier alpha value is -1.81. The molecule has 0 aliphatic carbocycles. The number of benzene rings is 1. The van der Waals surface area contributed by atoms with Crippen LogP contribution in [-0.2, 0) is 0 Å². The van der Waals surface area contributed by atoms with Crippen LogP contribution in [0.5, 0.6) is 0 Å². The molecule has 0 saturated heterocycles. The van der Waals surface area contributed by atoms with Gasteiger partial charge in [0.15, 0.2) is 0 Å². The zero-order chi connectivity index (χ0) is 14.7. The molecule has 4 nitrogen and oxygen atoms in total. The van der Waals surface area contributed by atoms with E-state index in [2.05, 4.69) is 16.8 Å². The highest BCUT2D eigenvalue weighted by Crippen LogP contribution is 2.19. The number of nitrogens with zero attached hydrogens (tertiary/aromatic N) is 2. The zero-order valence-electron chi connectivity index (χ0n) is 12.7. The molecule has 1 aromatic heterocycles. The Labute approximate surface area is 120 Å². The van der Waals surface area contributed by atoms with Gasteiger partial charge in [-0.1, -0.05) is 12.1 Å². The first-order valence-electron chi connectivity index (χ1n) is 7.06. The van der Waals surface area contributed by atoms with E-state index in [1.807, 2.05) is 56.4 Å². The molecule has 4 heteroatoms. The number of fused-ring (bicyclic) bond motifs is 1. The molecule has 0 aliphatic rings. The second kappa shape index (κ2) is 6.09. The number of H-pyrrole nitrogens is 1. The van der Waals surface area contributed by atoms with Gasteiger partial charge in [-0.3, -0.25) is 4.79 Å². The van der Waals surface area contributed by atoms with Crippen LogP contribution in [-0.4, -0.2) is 53.9 Å². The van der Waals surface area contributed by atoms with E-state index in [1.54, 1.807) is 0 Å². The summed E-state index contributed by atoms with van der Waals surface area (Å²) in [4.78, 5) is 20.0. The highest BCUT2D eigenvalue weighted by atomic mass is 16.2. The molecule has 1 aromatic carbocycles. The van der Waals surface area contributed by atoms with Gasteiger partial charge in [0.05, 0.1) is 11.1 Å². The predicted molar refractivity (Wildman–Crippen MR) is 83.0 cm³/mol. The average Bonchev–Trinajstić information content (AvgIpc) is 2.86. The Kier molecular flexibility index (Phi) is 4.45. The van der Waals surface area contributed by atoms with E-state index >= 15 is 0 Å². The van der Waals surface area contributed by atoms with Gasteiger partial charge >= 0.3 is 0 Å². The third-order valence-corrected chi connectivity index (χ3v) is 3.58. The van der Waals surface area contributed by atoms with Gasteiger partial charge in [-0.25, -0.2) is 0 Å². The number of rotatable bonds is 5. The molecule has 108 valence electrons. The van der Waals surface area contributed by atoms with Crippen LogP contribution >= 0.6 is 0 Å². The van der Waals surface area contributed by atoms with Crippen LogP contribution in [0.15, 0.2) is 30.5 Å². The molecule has 0 fully saturated rings. The molecule has 0 bridgehead atoms. The summed E-state index contributed by atoms with van der Waals surface area (Å²) in [5.41, 5.74) is 1.67. The maximum Gasteiger partial charge on any atom is 0.256 e. The van der Waals surface area contributed by atoms with Crippen molar-refractivity contribution in [1.29, 1.82) is 0 Å². The van der Waals surface area contributed by atoms with Crippen LogP contribution in [0.3, 0.4) is 0 Å². The normalized spacial score (nSPS) is 12.8. The first kappa shape index (κ1) is 14.6. The van der Waals surface area contributed by atoms with Crippen LogP contribution in [0, 0.1) is 0 Å². The number of amides is 1. The second-order valence-electron chi connectivity index (χ2n) is 5.45. The van der Waals surface area contributed by atoms with E-state index in [0.29, 0.717) is 6.54 Å². The van der Waals surface area contributed by atoms with E-state index in [4.69, 9.17) is 0 Å². The Morgan fingerprint density at radius 3 is 2.70 bits per heavy atom. The van der Waals surface area contributed by atoms with Crippen LogP contribution in [0.2, 0.25) is 0 Å². The first-order chi connectivity index (χ1) is 9.54. The van der Waals surface area contributed by atoms with Crippen molar-refractivity contribution in [3.05, 3.63) is 36.0 Å². The molecule has 2 rings (SSSR count). The van der Waals surface area contributed by atoms with Crippen molar-refractivity contribution in [3.63, 3.8) is 0 Å². The monoisotopic (exact) mass is 273 g/mol. The molecular formula is C16H23N3O. The largest absolute Gasteiger partial charge is 0.361 e. The Balaban J connectivity index is 2.31. The number of nitrogens with one attached hydrogen (secondary N) is 1. The SMILES string of the molecule is CCN(C(=O)c1cccc2cc[nH]c12)C(C)CN(C)C. The molecule has 2 aromatic rings. The van der Waals surface area contributed by atoms with Crippen molar-refractivity contribution in [2.75, 3.05) is 27.2 Å². The van der Waals surface area contributed by atoms with Crippen LogP contribution < -0.4 is 0 Å². The van der Waals surface area contributed by atoms with E-state index in [1.165, 1.54) is 0 Å². The van der Waals surface area contributed by atoms with Gasteiger partial charge in [0, 0.05) is 30.7 Å². The zero-order valence-corrected chi connectivity index (χ0v) is 12.7. The molecule has 20 heavy (non-hydrogen) atoms.